The monoisotopic (exact) mass is 504 g/mol. The number of H-pyrrole nitrogens is 1. The maximum absolute atomic E-state index is 13.2. The van der Waals surface area contributed by atoms with Crippen LogP contribution in [0.5, 0.6) is 0 Å². The Hall–Kier alpha value is -3.34. The summed E-state index contributed by atoms with van der Waals surface area (Å²) in [4.78, 5) is 40.7. The van der Waals surface area contributed by atoms with E-state index in [0.717, 1.165) is 5.56 Å². The molecule has 2 atom stereocenters. The number of rotatable bonds is 11. The molecule has 5 N–H and O–H groups in total. The number of aromatic nitrogens is 2. The van der Waals surface area contributed by atoms with E-state index in [2.05, 4.69) is 10.3 Å². The Morgan fingerprint density at radius 3 is 2.49 bits per heavy atom. The van der Waals surface area contributed by atoms with Crippen molar-refractivity contribution in [3.05, 3.63) is 51.9 Å². The van der Waals surface area contributed by atoms with Crippen molar-refractivity contribution in [2.45, 2.75) is 45.6 Å². The van der Waals surface area contributed by atoms with Gasteiger partial charge in [0.15, 0.2) is 6.29 Å². The van der Waals surface area contributed by atoms with Crippen molar-refractivity contribution in [2.24, 2.45) is 0 Å². The summed E-state index contributed by atoms with van der Waals surface area (Å²) >= 11 is 6.13. The molecule has 11 heteroatoms. The van der Waals surface area contributed by atoms with E-state index in [-0.39, 0.29) is 13.2 Å². The van der Waals surface area contributed by atoms with Gasteiger partial charge in [0.25, 0.3) is 5.56 Å². The highest BCUT2D eigenvalue weighted by atomic mass is 35.5. The molecule has 35 heavy (non-hydrogen) atoms. The highest BCUT2D eigenvalue weighted by molar-refractivity contribution is 6.33. The molecule has 1 aromatic carbocycles. The predicted octanol–water partition coefficient (Wildman–Crippen LogP) is 3.15. The number of nitrogen functional groups attached to an aromatic ring is 1. The van der Waals surface area contributed by atoms with Crippen molar-refractivity contribution in [1.29, 1.82) is 0 Å². The molecule has 2 heterocycles. The van der Waals surface area contributed by atoms with Crippen LogP contribution in [0.2, 0.25) is 5.02 Å². The fourth-order valence-corrected chi connectivity index (χ4v) is 3.91. The summed E-state index contributed by atoms with van der Waals surface area (Å²) in [6, 6.07) is 6.84. The van der Waals surface area contributed by atoms with Crippen LogP contribution in [0, 0.1) is 0 Å². The third kappa shape index (κ3) is 6.02. The Labute approximate surface area is 207 Å². The topological polar surface area (TPSA) is 149 Å². The van der Waals surface area contributed by atoms with Crippen molar-refractivity contribution in [3.8, 4) is 11.3 Å². The summed E-state index contributed by atoms with van der Waals surface area (Å²) in [5.41, 5.74) is 7.57. The highest BCUT2D eigenvalue weighted by Gasteiger charge is 2.29. The minimum absolute atomic E-state index is 0.275. The van der Waals surface area contributed by atoms with E-state index < -0.39 is 42.2 Å². The van der Waals surface area contributed by atoms with Gasteiger partial charge in [0.05, 0.1) is 23.2 Å². The number of carboxylic acid groups (broad SMARTS) is 1. The number of ether oxygens (including phenoxy) is 2. The number of fused-ring (bicyclic) bond motifs is 1. The number of aliphatic carboxylic acids is 1. The predicted molar refractivity (Wildman–Crippen MR) is 133 cm³/mol. The van der Waals surface area contributed by atoms with E-state index in [1.165, 1.54) is 10.8 Å². The number of carboxylic acids is 1. The molecule has 188 valence electrons. The number of carbonyl (C=O) groups is 2. The van der Waals surface area contributed by atoms with Crippen molar-refractivity contribution < 1.29 is 24.2 Å². The molecule has 0 spiro atoms. The van der Waals surface area contributed by atoms with Crippen molar-refractivity contribution in [2.75, 3.05) is 18.9 Å². The van der Waals surface area contributed by atoms with Gasteiger partial charge in [0.1, 0.15) is 11.6 Å². The van der Waals surface area contributed by atoms with E-state index in [1.807, 2.05) is 6.07 Å². The van der Waals surface area contributed by atoms with Crippen LogP contribution in [-0.4, -0.2) is 52.1 Å². The molecule has 0 bridgehead atoms. The standard InChI is InChI=1S/C24H29ClN4O6/c1-4-34-24(35-5-2)19(12-20(30)31)28-22(32)13(3)29-9-8-15-11-18(27-21(15)23(29)33)14-6-7-17(26)16(25)10-14/h6-11,13,19,24,27H,4-5,12,26H2,1-3H3,(H,28,32)(H,30,31)/t13?,19-/m0/s1. The molecular weight excluding hydrogens is 476 g/mol. The number of hydrogen-bond donors (Lipinski definition) is 4. The number of benzene rings is 1. The Morgan fingerprint density at radius 1 is 1.20 bits per heavy atom. The molecule has 1 amide bonds. The third-order valence-electron chi connectivity index (χ3n) is 5.53. The van der Waals surface area contributed by atoms with E-state index in [0.29, 0.717) is 27.3 Å². The van der Waals surface area contributed by atoms with Gasteiger partial charge in [0, 0.05) is 30.5 Å². The first-order valence-corrected chi connectivity index (χ1v) is 11.6. The van der Waals surface area contributed by atoms with Crippen LogP contribution in [0.15, 0.2) is 41.3 Å². The average Bonchev–Trinajstić information content (AvgIpc) is 3.25. The molecule has 0 aliphatic heterocycles. The summed E-state index contributed by atoms with van der Waals surface area (Å²) in [6.45, 7) is 5.59. The van der Waals surface area contributed by atoms with Gasteiger partial charge in [0.2, 0.25) is 5.91 Å². The first-order valence-electron chi connectivity index (χ1n) is 11.2. The number of nitrogens with zero attached hydrogens (tertiary/aromatic N) is 1. The minimum Gasteiger partial charge on any atom is -0.481 e. The van der Waals surface area contributed by atoms with Gasteiger partial charge in [-0.1, -0.05) is 17.7 Å². The zero-order valence-corrected chi connectivity index (χ0v) is 20.5. The van der Waals surface area contributed by atoms with Gasteiger partial charge in [-0.3, -0.25) is 14.4 Å². The van der Waals surface area contributed by atoms with E-state index in [4.69, 9.17) is 26.8 Å². The number of pyridine rings is 1. The summed E-state index contributed by atoms with van der Waals surface area (Å²) in [5.74, 6) is -1.66. The second kappa shape index (κ2) is 11.4. The third-order valence-corrected chi connectivity index (χ3v) is 5.86. The number of nitrogens with two attached hydrogens (primary N) is 1. The van der Waals surface area contributed by atoms with Crippen LogP contribution in [-0.2, 0) is 19.1 Å². The zero-order chi connectivity index (χ0) is 25.7. The summed E-state index contributed by atoms with van der Waals surface area (Å²) in [5, 5.41) is 13.0. The Kier molecular flexibility index (Phi) is 8.55. The Morgan fingerprint density at radius 2 is 1.89 bits per heavy atom. The second-order valence-electron chi connectivity index (χ2n) is 7.95. The van der Waals surface area contributed by atoms with Crippen LogP contribution in [0.25, 0.3) is 22.2 Å². The average molecular weight is 505 g/mol. The molecule has 0 aliphatic carbocycles. The normalized spacial score (nSPS) is 13.2. The van der Waals surface area contributed by atoms with E-state index >= 15 is 0 Å². The molecule has 0 fully saturated rings. The van der Waals surface area contributed by atoms with E-state index in [1.54, 1.807) is 45.0 Å². The van der Waals surface area contributed by atoms with Crippen LogP contribution >= 0.6 is 11.6 Å². The number of nitrogens with one attached hydrogen (secondary N) is 2. The fraction of sp³-hybridized carbons (Fsp3) is 0.375. The molecule has 3 rings (SSSR count). The largest absolute Gasteiger partial charge is 0.481 e. The van der Waals surface area contributed by atoms with E-state index in [9.17, 15) is 19.5 Å². The molecule has 2 aromatic heterocycles. The molecule has 3 aromatic rings. The molecule has 0 saturated carbocycles. The molecule has 10 nitrogen and oxygen atoms in total. The Balaban J connectivity index is 1.88. The SMILES string of the molecule is CCOC(OCC)[C@H](CC(=O)O)NC(=O)C(C)n1ccc2cc(-c3ccc(N)c(Cl)c3)[nH]c2c1=O. The number of anilines is 1. The maximum atomic E-state index is 13.2. The number of amides is 1. The first-order chi connectivity index (χ1) is 16.7. The minimum atomic E-state index is -1.12. The lowest BCUT2D eigenvalue weighted by Crippen LogP contribution is -2.49. The quantitative estimate of drug-likeness (QED) is 0.231. The molecule has 1 unspecified atom stereocenters. The van der Waals surface area contributed by atoms with Gasteiger partial charge >= 0.3 is 5.97 Å². The van der Waals surface area contributed by atoms with Crippen LogP contribution < -0.4 is 16.6 Å². The smallest absolute Gasteiger partial charge is 0.305 e. The van der Waals surface area contributed by atoms with Crippen LogP contribution in [0.3, 0.4) is 0 Å². The first kappa shape index (κ1) is 26.3. The lowest BCUT2D eigenvalue weighted by Gasteiger charge is -2.28. The number of halogens is 1. The van der Waals surface area contributed by atoms with Crippen LogP contribution in [0.1, 0.15) is 33.2 Å². The molecule has 0 saturated heterocycles. The maximum Gasteiger partial charge on any atom is 0.305 e. The van der Waals surface area contributed by atoms with Crippen molar-refractivity contribution in [3.63, 3.8) is 0 Å². The summed E-state index contributed by atoms with van der Waals surface area (Å²) < 4.78 is 12.2. The van der Waals surface area contributed by atoms with Crippen molar-refractivity contribution in [1.82, 2.24) is 14.9 Å². The number of aromatic amines is 1. The van der Waals surface area contributed by atoms with Gasteiger partial charge in [-0.05, 0) is 50.6 Å². The molecule has 0 aliphatic rings. The Bertz CT molecular complexity index is 1260. The van der Waals surface area contributed by atoms with Gasteiger partial charge in [-0.15, -0.1) is 0 Å². The zero-order valence-electron chi connectivity index (χ0n) is 19.7. The molecule has 0 radical (unpaired) electrons. The lowest BCUT2D eigenvalue weighted by molar-refractivity contribution is -0.166. The van der Waals surface area contributed by atoms with Crippen molar-refractivity contribution >= 4 is 40.1 Å². The summed E-state index contributed by atoms with van der Waals surface area (Å²) in [7, 11) is 0. The summed E-state index contributed by atoms with van der Waals surface area (Å²) in [6.07, 6.45) is 0.188. The lowest BCUT2D eigenvalue weighted by atomic mass is 10.1. The fourth-order valence-electron chi connectivity index (χ4n) is 3.73. The highest BCUT2D eigenvalue weighted by Crippen LogP contribution is 2.28. The molecular formula is C24H29ClN4O6. The van der Waals surface area contributed by atoms with Crippen LogP contribution in [0.4, 0.5) is 5.69 Å². The van der Waals surface area contributed by atoms with Gasteiger partial charge in [-0.25, -0.2) is 0 Å². The number of hydrogen-bond acceptors (Lipinski definition) is 6. The number of carbonyl (C=O) groups excluding carboxylic acids is 1. The van der Waals surface area contributed by atoms with Gasteiger partial charge in [-0.2, -0.15) is 0 Å². The van der Waals surface area contributed by atoms with Gasteiger partial charge < -0.3 is 35.2 Å². The second-order valence-corrected chi connectivity index (χ2v) is 8.35.